The number of nitrogen functional groups attached to an aromatic ring is 1. The molecule has 0 saturated carbocycles. The van der Waals surface area contributed by atoms with Crippen molar-refractivity contribution in [1.29, 1.82) is 0 Å². The summed E-state index contributed by atoms with van der Waals surface area (Å²) in [6, 6.07) is 5.19. The van der Waals surface area contributed by atoms with Crippen LogP contribution in [-0.4, -0.2) is 21.0 Å². The van der Waals surface area contributed by atoms with Crippen LogP contribution in [0.5, 0.6) is 11.5 Å². The van der Waals surface area contributed by atoms with Crippen LogP contribution in [0.4, 0.5) is 5.69 Å². The van der Waals surface area contributed by atoms with E-state index in [1.54, 1.807) is 32.4 Å². The third-order valence-corrected chi connectivity index (χ3v) is 1.52. The van der Waals surface area contributed by atoms with Crippen LogP contribution in [0, 0.1) is 0 Å². The van der Waals surface area contributed by atoms with Gasteiger partial charge in [-0.1, -0.05) is 0 Å². The van der Waals surface area contributed by atoms with Crippen LogP contribution in [0.2, 0.25) is 0 Å². The molecule has 0 fully saturated rings. The van der Waals surface area contributed by atoms with Crippen molar-refractivity contribution in [2.24, 2.45) is 0 Å². The van der Waals surface area contributed by atoms with Gasteiger partial charge in [0.05, 0.1) is 7.11 Å². The Kier molecular flexibility index (Phi) is 3.40. The summed E-state index contributed by atoms with van der Waals surface area (Å²) >= 11 is 0. The number of hydrogen-bond donors (Lipinski definition) is 1. The van der Waals surface area contributed by atoms with Gasteiger partial charge in [-0.25, -0.2) is 0 Å². The maximum atomic E-state index is 5.58. The van der Waals surface area contributed by atoms with Gasteiger partial charge in [-0.3, -0.25) is 0 Å². The Morgan fingerprint density at radius 3 is 2.62 bits per heavy atom. The zero-order valence-corrected chi connectivity index (χ0v) is 7.74. The highest BCUT2D eigenvalue weighted by Crippen LogP contribution is 2.28. The van der Waals surface area contributed by atoms with Gasteiger partial charge in [0.15, 0.2) is 18.3 Å². The Labute approximate surface area is 77.2 Å². The maximum Gasteiger partial charge on any atom is 0.188 e. The molecule has 0 spiro atoms. The molecule has 13 heavy (non-hydrogen) atoms. The van der Waals surface area contributed by atoms with Gasteiger partial charge in [0, 0.05) is 18.9 Å². The average molecular weight is 183 g/mol. The molecule has 4 heteroatoms. The first-order valence-electron chi connectivity index (χ1n) is 3.83. The lowest BCUT2D eigenvalue weighted by Crippen LogP contribution is -2.01. The second-order valence-corrected chi connectivity index (χ2v) is 2.46. The quantitative estimate of drug-likeness (QED) is 0.564. The minimum atomic E-state index is 0.180. The lowest BCUT2D eigenvalue weighted by atomic mass is 10.3. The predicted molar refractivity (Wildman–Crippen MR) is 49.9 cm³/mol. The summed E-state index contributed by atoms with van der Waals surface area (Å²) in [5, 5.41) is 0. The molecule has 0 bridgehead atoms. The molecule has 0 aliphatic carbocycles. The second-order valence-electron chi connectivity index (χ2n) is 2.46. The highest BCUT2D eigenvalue weighted by molar-refractivity contribution is 5.51. The summed E-state index contributed by atoms with van der Waals surface area (Å²) in [4.78, 5) is 0. The minimum absolute atomic E-state index is 0.180. The number of methoxy groups -OCH3 is 2. The number of nitrogens with two attached hydrogens (primary N) is 1. The molecular weight excluding hydrogens is 170 g/mol. The number of ether oxygens (including phenoxy) is 3. The summed E-state index contributed by atoms with van der Waals surface area (Å²) in [5.74, 6) is 1.23. The van der Waals surface area contributed by atoms with Crippen molar-refractivity contribution in [2.45, 2.75) is 0 Å². The zero-order chi connectivity index (χ0) is 9.68. The molecule has 72 valence electrons. The summed E-state index contributed by atoms with van der Waals surface area (Å²) in [5.41, 5.74) is 6.21. The van der Waals surface area contributed by atoms with Crippen LogP contribution in [-0.2, 0) is 4.74 Å². The number of rotatable bonds is 4. The fourth-order valence-corrected chi connectivity index (χ4v) is 0.929. The standard InChI is InChI=1S/C9H13NO3/c1-11-6-13-9-5-7(10)3-4-8(9)12-2/h3-5H,6,10H2,1-2H3. The van der Waals surface area contributed by atoms with Crippen LogP contribution in [0.3, 0.4) is 0 Å². The molecule has 1 aromatic carbocycles. The molecule has 2 N–H and O–H groups in total. The molecule has 0 saturated heterocycles. The van der Waals surface area contributed by atoms with E-state index >= 15 is 0 Å². The van der Waals surface area contributed by atoms with Gasteiger partial charge in [0.1, 0.15) is 0 Å². The summed E-state index contributed by atoms with van der Waals surface area (Å²) < 4.78 is 15.1. The number of benzene rings is 1. The summed E-state index contributed by atoms with van der Waals surface area (Å²) in [7, 11) is 3.13. The van der Waals surface area contributed by atoms with Gasteiger partial charge in [-0.2, -0.15) is 0 Å². The molecule has 0 aromatic heterocycles. The van der Waals surface area contributed by atoms with Crippen LogP contribution in [0.25, 0.3) is 0 Å². The summed E-state index contributed by atoms with van der Waals surface area (Å²) in [6.07, 6.45) is 0. The van der Waals surface area contributed by atoms with E-state index in [4.69, 9.17) is 19.9 Å². The highest BCUT2D eigenvalue weighted by atomic mass is 16.7. The molecule has 0 aliphatic rings. The third kappa shape index (κ3) is 2.52. The number of hydrogen-bond acceptors (Lipinski definition) is 4. The van der Waals surface area contributed by atoms with E-state index in [0.717, 1.165) is 0 Å². The maximum absolute atomic E-state index is 5.58. The monoisotopic (exact) mass is 183 g/mol. The fourth-order valence-electron chi connectivity index (χ4n) is 0.929. The Bertz CT molecular complexity index is 276. The van der Waals surface area contributed by atoms with Crippen LogP contribution >= 0.6 is 0 Å². The second kappa shape index (κ2) is 4.57. The van der Waals surface area contributed by atoms with E-state index in [1.807, 2.05) is 0 Å². The van der Waals surface area contributed by atoms with E-state index in [0.29, 0.717) is 17.2 Å². The normalized spacial score (nSPS) is 9.69. The SMILES string of the molecule is COCOc1cc(N)ccc1OC. The smallest absolute Gasteiger partial charge is 0.188 e. The van der Waals surface area contributed by atoms with E-state index < -0.39 is 0 Å². The Morgan fingerprint density at radius 2 is 2.00 bits per heavy atom. The molecule has 0 heterocycles. The Hall–Kier alpha value is -1.42. The van der Waals surface area contributed by atoms with Gasteiger partial charge >= 0.3 is 0 Å². The molecule has 0 amide bonds. The fraction of sp³-hybridized carbons (Fsp3) is 0.333. The molecular formula is C9H13NO3. The summed E-state index contributed by atoms with van der Waals surface area (Å²) in [6.45, 7) is 0.180. The molecule has 0 aliphatic heterocycles. The van der Waals surface area contributed by atoms with E-state index in [1.165, 1.54) is 0 Å². The van der Waals surface area contributed by atoms with Crippen molar-refractivity contribution in [2.75, 3.05) is 26.7 Å². The Balaban J connectivity index is 2.81. The lowest BCUT2D eigenvalue weighted by Gasteiger charge is -2.09. The van der Waals surface area contributed by atoms with Gasteiger partial charge < -0.3 is 19.9 Å². The van der Waals surface area contributed by atoms with Gasteiger partial charge in [0.25, 0.3) is 0 Å². The van der Waals surface area contributed by atoms with Crippen LogP contribution in [0.15, 0.2) is 18.2 Å². The molecule has 0 atom stereocenters. The lowest BCUT2D eigenvalue weighted by molar-refractivity contribution is 0.0492. The van der Waals surface area contributed by atoms with Crippen molar-refractivity contribution >= 4 is 5.69 Å². The average Bonchev–Trinajstić information content (AvgIpc) is 2.15. The van der Waals surface area contributed by atoms with Gasteiger partial charge in [0.2, 0.25) is 0 Å². The van der Waals surface area contributed by atoms with E-state index in [9.17, 15) is 0 Å². The van der Waals surface area contributed by atoms with E-state index in [-0.39, 0.29) is 6.79 Å². The molecule has 0 unspecified atom stereocenters. The molecule has 1 rings (SSSR count). The van der Waals surface area contributed by atoms with Crippen LogP contribution < -0.4 is 15.2 Å². The zero-order valence-electron chi connectivity index (χ0n) is 7.74. The molecule has 1 aromatic rings. The molecule has 4 nitrogen and oxygen atoms in total. The highest BCUT2D eigenvalue weighted by Gasteiger charge is 2.03. The first-order valence-corrected chi connectivity index (χ1v) is 3.83. The minimum Gasteiger partial charge on any atom is -0.493 e. The molecule has 0 radical (unpaired) electrons. The van der Waals surface area contributed by atoms with Crippen LogP contribution in [0.1, 0.15) is 0 Å². The van der Waals surface area contributed by atoms with Crippen molar-refractivity contribution in [3.05, 3.63) is 18.2 Å². The van der Waals surface area contributed by atoms with Crippen molar-refractivity contribution in [3.8, 4) is 11.5 Å². The number of anilines is 1. The van der Waals surface area contributed by atoms with Crippen molar-refractivity contribution < 1.29 is 14.2 Å². The third-order valence-electron chi connectivity index (χ3n) is 1.52. The first-order chi connectivity index (χ1) is 6.27. The first kappa shape index (κ1) is 9.67. The topological polar surface area (TPSA) is 53.7 Å². The van der Waals surface area contributed by atoms with Gasteiger partial charge in [-0.15, -0.1) is 0 Å². The Morgan fingerprint density at radius 1 is 1.23 bits per heavy atom. The van der Waals surface area contributed by atoms with Crippen molar-refractivity contribution in [1.82, 2.24) is 0 Å². The van der Waals surface area contributed by atoms with Crippen molar-refractivity contribution in [3.63, 3.8) is 0 Å². The predicted octanol–water partition coefficient (Wildman–Crippen LogP) is 1.26. The van der Waals surface area contributed by atoms with Gasteiger partial charge in [-0.05, 0) is 12.1 Å². The largest absolute Gasteiger partial charge is 0.493 e. The van der Waals surface area contributed by atoms with E-state index in [2.05, 4.69) is 0 Å².